The first-order chi connectivity index (χ1) is 3.70. The van der Waals surface area contributed by atoms with Crippen LogP contribution in [0.3, 0.4) is 0 Å². The molecule has 0 atom stereocenters. The van der Waals surface area contributed by atoms with Gasteiger partial charge in [0, 0.05) is 10.9 Å². The molecule has 0 saturated carbocycles. The minimum atomic E-state index is -0.562. The van der Waals surface area contributed by atoms with Crippen LogP contribution in [-0.4, -0.2) is 0 Å². The Bertz CT molecular complexity index is 173. The lowest BCUT2D eigenvalue weighted by atomic mass is 10.5. The standard InChI is InChI=1S/C5H3F2S/c1-3-4(6)2-5(7)8-3/h2H,1H2. The molecule has 1 rings (SSSR count). The Labute approximate surface area is 49.8 Å². The molecule has 0 aliphatic carbocycles. The van der Waals surface area contributed by atoms with E-state index in [4.69, 9.17) is 0 Å². The van der Waals surface area contributed by atoms with E-state index in [2.05, 4.69) is 6.92 Å². The van der Waals surface area contributed by atoms with Gasteiger partial charge in [0.1, 0.15) is 5.82 Å². The maximum atomic E-state index is 12.0. The van der Waals surface area contributed by atoms with Crippen LogP contribution in [0.15, 0.2) is 6.07 Å². The summed E-state index contributed by atoms with van der Waals surface area (Å²) in [7, 11) is 0. The zero-order valence-electron chi connectivity index (χ0n) is 3.95. The van der Waals surface area contributed by atoms with Crippen LogP contribution in [0.25, 0.3) is 0 Å². The number of hydrogen-bond acceptors (Lipinski definition) is 1. The smallest absolute Gasteiger partial charge is 0.179 e. The van der Waals surface area contributed by atoms with Crippen molar-refractivity contribution in [1.82, 2.24) is 0 Å². The van der Waals surface area contributed by atoms with Crippen LogP contribution in [0.2, 0.25) is 0 Å². The van der Waals surface area contributed by atoms with Crippen molar-refractivity contribution in [2.45, 2.75) is 0 Å². The number of rotatable bonds is 0. The van der Waals surface area contributed by atoms with Gasteiger partial charge in [-0.2, -0.15) is 4.39 Å². The number of halogens is 2. The first-order valence-electron chi connectivity index (χ1n) is 1.97. The summed E-state index contributed by atoms with van der Waals surface area (Å²) in [6, 6.07) is 0.826. The zero-order valence-corrected chi connectivity index (χ0v) is 4.77. The van der Waals surface area contributed by atoms with Gasteiger partial charge < -0.3 is 0 Å². The van der Waals surface area contributed by atoms with Gasteiger partial charge in [-0.3, -0.25) is 0 Å². The van der Waals surface area contributed by atoms with E-state index in [0.717, 1.165) is 6.07 Å². The summed E-state index contributed by atoms with van der Waals surface area (Å²) in [6.07, 6.45) is 0. The van der Waals surface area contributed by atoms with Crippen molar-refractivity contribution in [3.63, 3.8) is 0 Å². The molecule has 43 valence electrons. The predicted octanol–water partition coefficient (Wildman–Crippen LogP) is 2.21. The summed E-state index contributed by atoms with van der Waals surface area (Å²) >= 11 is 0.716. The predicted molar refractivity (Wildman–Crippen MR) is 28.7 cm³/mol. The lowest BCUT2D eigenvalue weighted by Gasteiger charge is -1.74. The SMILES string of the molecule is [CH2]c1sc(F)cc1F. The van der Waals surface area contributed by atoms with E-state index in [0.29, 0.717) is 11.3 Å². The fourth-order valence-corrected chi connectivity index (χ4v) is 0.930. The van der Waals surface area contributed by atoms with Crippen LogP contribution in [0.1, 0.15) is 4.88 Å². The third kappa shape index (κ3) is 0.865. The van der Waals surface area contributed by atoms with Crippen LogP contribution in [0.5, 0.6) is 0 Å². The third-order valence-electron chi connectivity index (χ3n) is 0.727. The highest BCUT2D eigenvalue weighted by Gasteiger charge is 2.01. The Morgan fingerprint density at radius 2 is 2.12 bits per heavy atom. The van der Waals surface area contributed by atoms with E-state index in [1.165, 1.54) is 0 Å². The first kappa shape index (κ1) is 5.69. The molecule has 0 saturated heterocycles. The molecule has 0 nitrogen and oxygen atoms in total. The maximum absolute atomic E-state index is 12.0. The van der Waals surface area contributed by atoms with Gasteiger partial charge >= 0.3 is 0 Å². The minimum Gasteiger partial charge on any atom is -0.206 e. The maximum Gasteiger partial charge on any atom is 0.179 e. The second-order valence-corrected chi connectivity index (χ2v) is 2.41. The van der Waals surface area contributed by atoms with Crippen molar-refractivity contribution >= 4 is 11.3 Å². The lowest BCUT2D eigenvalue weighted by molar-refractivity contribution is 0.607. The van der Waals surface area contributed by atoms with E-state index >= 15 is 0 Å². The van der Waals surface area contributed by atoms with Crippen LogP contribution in [0.4, 0.5) is 8.78 Å². The van der Waals surface area contributed by atoms with Gasteiger partial charge in [-0.15, -0.1) is 11.3 Å². The van der Waals surface area contributed by atoms with Gasteiger partial charge in [0.15, 0.2) is 5.13 Å². The van der Waals surface area contributed by atoms with E-state index in [9.17, 15) is 8.78 Å². The van der Waals surface area contributed by atoms with Crippen LogP contribution in [-0.2, 0) is 0 Å². The van der Waals surface area contributed by atoms with Gasteiger partial charge in [-0.25, -0.2) is 4.39 Å². The summed E-state index contributed by atoms with van der Waals surface area (Å²) in [5, 5.41) is -0.521. The number of thiophene rings is 1. The highest BCUT2D eigenvalue weighted by Crippen LogP contribution is 2.17. The molecule has 0 unspecified atom stereocenters. The zero-order chi connectivity index (χ0) is 6.15. The van der Waals surface area contributed by atoms with Crippen molar-refractivity contribution in [3.05, 3.63) is 28.8 Å². The van der Waals surface area contributed by atoms with Gasteiger partial charge in [0.2, 0.25) is 0 Å². The Morgan fingerprint density at radius 3 is 2.25 bits per heavy atom. The molecule has 1 aromatic heterocycles. The summed E-state index contributed by atoms with van der Waals surface area (Å²) in [5.41, 5.74) is 0. The quantitative estimate of drug-likeness (QED) is 0.509. The fraction of sp³-hybridized carbons (Fsp3) is 0. The molecule has 8 heavy (non-hydrogen) atoms. The molecule has 0 bridgehead atoms. The van der Waals surface area contributed by atoms with E-state index in [1.807, 2.05) is 0 Å². The molecule has 0 fully saturated rings. The molecule has 0 aromatic carbocycles. The first-order valence-corrected chi connectivity index (χ1v) is 2.78. The number of hydrogen-bond donors (Lipinski definition) is 0. The van der Waals surface area contributed by atoms with Gasteiger partial charge in [0.25, 0.3) is 0 Å². The summed E-state index contributed by atoms with van der Waals surface area (Å²) < 4.78 is 24.0. The molecule has 1 aromatic rings. The molecule has 0 aliphatic rings. The van der Waals surface area contributed by atoms with Crippen LogP contribution in [0, 0.1) is 17.9 Å². The molecule has 0 amide bonds. The lowest BCUT2D eigenvalue weighted by Crippen LogP contribution is -1.63. The molecular weight excluding hydrogens is 130 g/mol. The molecule has 0 aliphatic heterocycles. The fourth-order valence-electron chi connectivity index (χ4n) is 0.376. The van der Waals surface area contributed by atoms with Crippen molar-refractivity contribution < 1.29 is 8.78 Å². The Hall–Kier alpha value is -0.440. The van der Waals surface area contributed by atoms with Gasteiger partial charge in [-0.05, 0) is 6.92 Å². The van der Waals surface area contributed by atoms with E-state index in [1.54, 1.807) is 0 Å². The Balaban J connectivity index is 3.14. The van der Waals surface area contributed by atoms with Crippen molar-refractivity contribution in [2.24, 2.45) is 0 Å². The van der Waals surface area contributed by atoms with Crippen molar-refractivity contribution in [1.29, 1.82) is 0 Å². The van der Waals surface area contributed by atoms with Gasteiger partial charge in [-0.1, -0.05) is 0 Å². The normalized spacial score (nSPS) is 9.88. The highest BCUT2D eigenvalue weighted by atomic mass is 32.1. The topological polar surface area (TPSA) is 0 Å². The highest BCUT2D eigenvalue weighted by molar-refractivity contribution is 7.10. The Morgan fingerprint density at radius 1 is 1.50 bits per heavy atom. The Kier molecular flexibility index (Phi) is 1.29. The van der Waals surface area contributed by atoms with Crippen molar-refractivity contribution in [3.8, 4) is 0 Å². The molecule has 0 N–H and O–H groups in total. The second-order valence-electron chi connectivity index (χ2n) is 1.32. The monoisotopic (exact) mass is 133 g/mol. The minimum absolute atomic E-state index is 0.155. The van der Waals surface area contributed by atoms with E-state index < -0.39 is 10.9 Å². The molecule has 1 radical (unpaired) electrons. The molecule has 1 heterocycles. The summed E-state index contributed by atoms with van der Waals surface area (Å²) in [5.74, 6) is -0.562. The van der Waals surface area contributed by atoms with Crippen molar-refractivity contribution in [2.75, 3.05) is 0 Å². The second kappa shape index (κ2) is 1.82. The van der Waals surface area contributed by atoms with Gasteiger partial charge in [0.05, 0.1) is 0 Å². The van der Waals surface area contributed by atoms with Crippen LogP contribution >= 0.6 is 11.3 Å². The molecule has 0 spiro atoms. The molecule has 3 heteroatoms. The third-order valence-corrected chi connectivity index (χ3v) is 1.48. The summed E-state index contributed by atoms with van der Waals surface area (Å²) in [6.45, 7) is 3.24. The van der Waals surface area contributed by atoms with E-state index in [-0.39, 0.29) is 4.88 Å². The molecular formula is C5H3F2S. The average Bonchev–Trinajstić information content (AvgIpc) is 1.85. The van der Waals surface area contributed by atoms with Crippen LogP contribution < -0.4 is 0 Å². The summed E-state index contributed by atoms with van der Waals surface area (Å²) in [4.78, 5) is 0.155. The largest absolute Gasteiger partial charge is 0.206 e. The average molecular weight is 133 g/mol.